The van der Waals surface area contributed by atoms with E-state index < -0.39 is 0 Å². The molecular weight excluding hydrogens is 302 g/mol. The summed E-state index contributed by atoms with van der Waals surface area (Å²) in [6, 6.07) is 5.80. The van der Waals surface area contributed by atoms with Crippen molar-refractivity contribution in [1.29, 1.82) is 0 Å². The van der Waals surface area contributed by atoms with Crippen molar-refractivity contribution < 1.29 is 24.6 Å². The number of pyridine rings is 1. The molecule has 0 bridgehead atoms. The van der Waals surface area contributed by atoms with Gasteiger partial charge in [-0.3, -0.25) is 10.0 Å². The molecule has 18 heavy (non-hydrogen) atoms. The Hall–Kier alpha value is -2.08. The molecule has 0 spiro atoms. The average Bonchev–Trinajstić information content (AvgIpc) is 2.35. The molecule has 0 saturated carbocycles. The number of rotatable bonds is 3. The van der Waals surface area contributed by atoms with Crippen LogP contribution >= 0.6 is 15.9 Å². The van der Waals surface area contributed by atoms with Crippen LogP contribution in [0.4, 0.5) is 0 Å². The fourth-order valence-electron chi connectivity index (χ4n) is 1.33. The van der Waals surface area contributed by atoms with Gasteiger partial charge in [-0.05, 0) is 34.1 Å². The molecule has 0 atom stereocenters. The zero-order valence-corrected chi connectivity index (χ0v) is 10.7. The number of aldehydes is 1. The summed E-state index contributed by atoms with van der Waals surface area (Å²) in [5.74, 6) is 0.489. The van der Waals surface area contributed by atoms with Gasteiger partial charge in [0.1, 0.15) is 10.8 Å². The summed E-state index contributed by atoms with van der Waals surface area (Å²) in [6.45, 7) is 0. The van der Waals surface area contributed by atoms with E-state index in [1.54, 1.807) is 0 Å². The number of ether oxygens (including phenoxy) is 1. The van der Waals surface area contributed by atoms with Crippen molar-refractivity contribution in [2.45, 2.75) is 0 Å². The van der Waals surface area contributed by atoms with E-state index in [9.17, 15) is 15.1 Å². The highest BCUT2D eigenvalue weighted by molar-refractivity contribution is 9.10. The lowest BCUT2D eigenvalue weighted by Crippen LogP contribution is -2.28. The molecule has 1 aromatic heterocycles. The molecule has 0 saturated heterocycles. The van der Waals surface area contributed by atoms with E-state index in [0.29, 0.717) is 22.1 Å². The Bertz CT molecular complexity index is 601. The van der Waals surface area contributed by atoms with E-state index in [2.05, 4.69) is 15.9 Å². The lowest BCUT2D eigenvalue weighted by atomic mass is 10.2. The van der Waals surface area contributed by atoms with Crippen LogP contribution < -0.4 is 9.47 Å². The molecule has 1 aromatic carbocycles. The van der Waals surface area contributed by atoms with Gasteiger partial charge in [0.25, 0.3) is 0 Å². The van der Waals surface area contributed by atoms with Gasteiger partial charge in [0.15, 0.2) is 17.2 Å². The maximum absolute atomic E-state index is 10.7. The summed E-state index contributed by atoms with van der Waals surface area (Å²) in [6.07, 6.45) is 3.42. The largest absolute Gasteiger partial charge is 0.504 e. The minimum atomic E-state index is -0.0757. The zero-order valence-electron chi connectivity index (χ0n) is 9.08. The standard InChI is InChI=1S/C12H8BrNO4/c13-9-6-14(17)4-3-11(9)18-12-5-8(7-15)1-2-10(12)16/h1-7H,(H-,15,16,17)/p+1. The summed E-state index contributed by atoms with van der Waals surface area (Å²) in [7, 11) is 0. The third kappa shape index (κ3) is 2.60. The number of halogens is 1. The molecule has 0 amide bonds. The summed E-state index contributed by atoms with van der Waals surface area (Å²) in [5.41, 5.74) is 0.395. The molecule has 0 radical (unpaired) electrons. The fourth-order valence-corrected chi connectivity index (χ4v) is 1.76. The van der Waals surface area contributed by atoms with Crippen molar-refractivity contribution >= 4 is 22.2 Å². The second-order valence-electron chi connectivity index (χ2n) is 3.48. The number of aromatic hydroxyl groups is 1. The van der Waals surface area contributed by atoms with E-state index in [0.717, 1.165) is 4.73 Å². The Morgan fingerprint density at radius 3 is 2.72 bits per heavy atom. The van der Waals surface area contributed by atoms with Crippen molar-refractivity contribution in [1.82, 2.24) is 0 Å². The lowest BCUT2D eigenvalue weighted by molar-refractivity contribution is -0.905. The topological polar surface area (TPSA) is 70.6 Å². The number of carbonyl (C=O) groups excluding carboxylic acids is 1. The van der Waals surface area contributed by atoms with Crippen LogP contribution in [0.15, 0.2) is 41.1 Å². The third-order valence-electron chi connectivity index (χ3n) is 2.20. The second-order valence-corrected chi connectivity index (χ2v) is 4.34. The molecule has 6 heteroatoms. The van der Waals surface area contributed by atoms with E-state index in [1.165, 1.54) is 36.7 Å². The molecule has 0 aliphatic carbocycles. The Morgan fingerprint density at radius 1 is 1.28 bits per heavy atom. The van der Waals surface area contributed by atoms with Crippen molar-refractivity contribution in [2.24, 2.45) is 0 Å². The third-order valence-corrected chi connectivity index (χ3v) is 2.80. The molecule has 0 fully saturated rings. The summed E-state index contributed by atoms with van der Waals surface area (Å²) in [4.78, 5) is 10.7. The number of phenolic OH excluding ortho intramolecular Hbond substituents is 1. The normalized spacial score (nSPS) is 10.1. The Labute approximate surface area is 111 Å². The zero-order chi connectivity index (χ0) is 13.1. The number of phenols is 1. The smallest absolute Gasteiger partial charge is 0.240 e. The van der Waals surface area contributed by atoms with Gasteiger partial charge in [0, 0.05) is 10.3 Å². The Morgan fingerprint density at radius 2 is 2.06 bits per heavy atom. The predicted molar refractivity (Wildman–Crippen MR) is 65.1 cm³/mol. The van der Waals surface area contributed by atoms with Gasteiger partial charge in [0.05, 0.1) is 6.07 Å². The molecule has 2 rings (SSSR count). The first-order valence-electron chi connectivity index (χ1n) is 4.96. The monoisotopic (exact) mass is 310 g/mol. The van der Waals surface area contributed by atoms with Gasteiger partial charge in [0.2, 0.25) is 12.4 Å². The number of aromatic nitrogens is 1. The summed E-state index contributed by atoms with van der Waals surface area (Å²) < 4.78 is 6.82. The van der Waals surface area contributed by atoms with E-state index in [-0.39, 0.29) is 11.5 Å². The van der Waals surface area contributed by atoms with Crippen LogP contribution in [0.25, 0.3) is 0 Å². The van der Waals surface area contributed by atoms with Crippen LogP contribution in [0.1, 0.15) is 10.4 Å². The minimum absolute atomic E-state index is 0.0757. The molecular formula is C12H9BrNO4+. The Balaban J connectivity index is 2.36. The molecule has 2 N–H and O–H groups in total. The first-order valence-corrected chi connectivity index (χ1v) is 5.75. The van der Waals surface area contributed by atoms with Gasteiger partial charge in [-0.25, -0.2) is 0 Å². The molecule has 0 aliphatic heterocycles. The molecule has 2 aromatic rings. The average molecular weight is 311 g/mol. The predicted octanol–water partition coefficient (Wildman–Crippen LogP) is 2.28. The fraction of sp³-hybridized carbons (Fsp3) is 0. The van der Waals surface area contributed by atoms with Crippen molar-refractivity contribution in [3.63, 3.8) is 0 Å². The maximum Gasteiger partial charge on any atom is 0.240 e. The highest BCUT2D eigenvalue weighted by atomic mass is 79.9. The molecule has 92 valence electrons. The van der Waals surface area contributed by atoms with Gasteiger partial charge >= 0.3 is 0 Å². The van der Waals surface area contributed by atoms with Crippen LogP contribution in [-0.4, -0.2) is 16.6 Å². The summed E-state index contributed by atoms with van der Waals surface area (Å²) >= 11 is 3.21. The van der Waals surface area contributed by atoms with Gasteiger partial charge in [-0.2, -0.15) is 0 Å². The van der Waals surface area contributed by atoms with E-state index in [4.69, 9.17) is 4.74 Å². The highest BCUT2D eigenvalue weighted by Crippen LogP contribution is 2.34. The second kappa shape index (κ2) is 5.05. The first-order chi connectivity index (χ1) is 8.60. The maximum atomic E-state index is 10.7. The summed E-state index contributed by atoms with van der Waals surface area (Å²) in [5, 5.41) is 18.8. The van der Waals surface area contributed by atoms with E-state index >= 15 is 0 Å². The minimum Gasteiger partial charge on any atom is -0.504 e. The van der Waals surface area contributed by atoms with Gasteiger partial charge < -0.3 is 9.84 Å². The van der Waals surface area contributed by atoms with Crippen LogP contribution in [-0.2, 0) is 0 Å². The quantitative estimate of drug-likeness (QED) is 0.518. The van der Waals surface area contributed by atoms with E-state index in [1.807, 2.05) is 0 Å². The van der Waals surface area contributed by atoms with Gasteiger partial charge in [-0.15, -0.1) is 0 Å². The molecule has 5 nitrogen and oxygen atoms in total. The molecule has 1 heterocycles. The number of hydrogen-bond donors (Lipinski definition) is 2. The number of hydrogen-bond acceptors (Lipinski definition) is 4. The lowest BCUT2D eigenvalue weighted by Gasteiger charge is -2.08. The first kappa shape index (κ1) is 12.4. The number of nitrogens with zero attached hydrogens (tertiary/aromatic N) is 1. The van der Waals surface area contributed by atoms with Crippen LogP contribution in [0.3, 0.4) is 0 Å². The van der Waals surface area contributed by atoms with Crippen molar-refractivity contribution in [3.8, 4) is 17.2 Å². The molecule has 0 aliphatic rings. The van der Waals surface area contributed by atoms with Crippen molar-refractivity contribution in [2.75, 3.05) is 0 Å². The van der Waals surface area contributed by atoms with Crippen molar-refractivity contribution in [3.05, 3.63) is 46.7 Å². The highest BCUT2D eigenvalue weighted by Gasteiger charge is 2.11. The molecule has 0 unspecified atom stereocenters. The Kier molecular flexibility index (Phi) is 3.47. The van der Waals surface area contributed by atoms with Crippen LogP contribution in [0.2, 0.25) is 0 Å². The number of benzene rings is 1. The van der Waals surface area contributed by atoms with Crippen LogP contribution in [0.5, 0.6) is 17.2 Å². The van der Waals surface area contributed by atoms with Gasteiger partial charge in [-0.1, -0.05) is 0 Å². The van der Waals surface area contributed by atoms with Crippen LogP contribution in [0, 0.1) is 0 Å². The SMILES string of the molecule is O=Cc1ccc(O)c(Oc2cc[n+](O)cc2Br)c1. The number of carbonyl (C=O) groups is 1.